The van der Waals surface area contributed by atoms with Crippen molar-refractivity contribution in [2.24, 2.45) is 0 Å². The number of hydrogen-bond donors (Lipinski definition) is 1. The smallest absolute Gasteiger partial charge is 0.408 e. The normalized spacial score (nSPS) is 16.4. The number of aromatic nitrogens is 2. The Hall–Kier alpha value is -1.53. The van der Waals surface area contributed by atoms with E-state index in [9.17, 15) is 18.0 Å². The molecule has 1 N–H and O–H groups in total. The Morgan fingerprint density at radius 1 is 1.56 bits per heavy atom. The van der Waals surface area contributed by atoms with Gasteiger partial charge in [-0.1, -0.05) is 0 Å². The topological polar surface area (TPSA) is 55.1 Å². The minimum atomic E-state index is -4.46. The third kappa shape index (κ3) is 2.34. The van der Waals surface area contributed by atoms with Crippen LogP contribution in [0, 0.1) is 0 Å². The highest BCUT2D eigenvalue weighted by atomic mass is 19.4. The van der Waals surface area contributed by atoms with Gasteiger partial charge in [-0.25, -0.2) is 9.48 Å². The van der Waals surface area contributed by atoms with Gasteiger partial charge in [0.05, 0.1) is 5.69 Å². The number of carboxylic acids is 1. The van der Waals surface area contributed by atoms with Gasteiger partial charge in [-0.15, -0.1) is 0 Å². The molecule has 0 saturated heterocycles. The standard InChI is InChI=1S/C9H9F3N2O2/c10-9(11,12)4-14-7(8(15)16)3-6(13-14)5-1-2-5/h3,5H,1-2,4H2,(H,15,16). The van der Waals surface area contributed by atoms with Gasteiger partial charge >= 0.3 is 12.1 Å². The van der Waals surface area contributed by atoms with Crippen LogP contribution < -0.4 is 0 Å². The van der Waals surface area contributed by atoms with Crippen molar-refractivity contribution in [3.63, 3.8) is 0 Å². The van der Waals surface area contributed by atoms with Crippen molar-refractivity contribution >= 4 is 5.97 Å². The summed E-state index contributed by atoms with van der Waals surface area (Å²) in [4.78, 5) is 10.7. The number of rotatable bonds is 3. The Morgan fingerprint density at radius 2 is 2.19 bits per heavy atom. The summed E-state index contributed by atoms with van der Waals surface area (Å²) in [5.41, 5.74) is 0.0425. The summed E-state index contributed by atoms with van der Waals surface area (Å²) in [5, 5.41) is 12.4. The number of nitrogens with zero attached hydrogens (tertiary/aromatic N) is 2. The predicted molar refractivity (Wildman–Crippen MR) is 47.2 cm³/mol. The molecule has 0 amide bonds. The average Bonchev–Trinajstić information content (AvgIpc) is 2.86. The molecule has 1 aliphatic carbocycles. The predicted octanol–water partition coefficient (Wildman–Crippen LogP) is 2.02. The van der Waals surface area contributed by atoms with E-state index in [2.05, 4.69) is 5.10 Å². The molecule has 1 aromatic heterocycles. The Balaban J connectivity index is 2.30. The van der Waals surface area contributed by atoms with E-state index in [0.29, 0.717) is 10.4 Å². The summed E-state index contributed by atoms with van der Waals surface area (Å²) >= 11 is 0. The van der Waals surface area contributed by atoms with Gasteiger partial charge < -0.3 is 5.11 Å². The molecule has 0 unspecified atom stereocenters. The molecule has 4 nitrogen and oxygen atoms in total. The fourth-order valence-corrected chi connectivity index (χ4v) is 1.48. The molecular weight excluding hydrogens is 225 g/mol. The molecule has 1 heterocycles. The summed E-state index contributed by atoms with van der Waals surface area (Å²) < 4.78 is 37.0. The Labute approximate surface area is 88.7 Å². The molecule has 1 aliphatic rings. The van der Waals surface area contributed by atoms with Crippen LogP contribution in [0.1, 0.15) is 34.9 Å². The molecule has 1 saturated carbocycles. The van der Waals surface area contributed by atoms with Gasteiger partial charge in [-0.2, -0.15) is 18.3 Å². The lowest BCUT2D eigenvalue weighted by Gasteiger charge is -2.07. The lowest BCUT2D eigenvalue weighted by Crippen LogP contribution is -2.22. The van der Waals surface area contributed by atoms with Crippen LogP contribution in [0.15, 0.2) is 6.07 Å². The maximum atomic E-state index is 12.2. The molecule has 1 fully saturated rings. The van der Waals surface area contributed by atoms with Crippen molar-refractivity contribution in [2.75, 3.05) is 0 Å². The molecule has 16 heavy (non-hydrogen) atoms. The number of halogens is 3. The zero-order valence-electron chi connectivity index (χ0n) is 8.16. The number of hydrogen-bond acceptors (Lipinski definition) is 2. The lowest BCUT2D eigenvalue weighted by molar-refractivity contribution is -0.142. The van der Waals surface area contributed by atoms with Crippen molar-refractivity contribution in [2.45, 2.75) is 31.5 Å². The molecule has 1 aromatic rings. The SMILES string of the molecule is O=C(O)c1cc(C2CC2)nn1CC(F)(F)F. The molecule has 0 radical (unpaired) electrons. The van der Waals surface area contributed by atoms with Gasteiger partial charge in [0.2, 0.25) is 0 Å². The second kappa shape index (κ2) is 3.50. The van der Waals surface area contributed by atoms with E-state index in [-0.39, 0.29) is 5.92 Å². The van der Waals surface area contributed by atoms with E-state index in [1.807, 2.05) is 0 Å². The molecule has 0 aromatic carbocycles. The molecule has 2 rings (SSSR count). The molecule has 0 spiro atoms. The van der Waals surface area contributed by atoms with Crippen molar-refractivity contribution in [3.8, 4) is 0 Å². The van der Waals surface area contributed by atoms with Crippen molar-refractivity contribution in [3.05, 3.63) is 17.5 Å². The van der Waals surface area contributed by atoms with Gasteiger partial charge in [-0.05, 0) is 18.9 Å². The molecule has 88 valence electrons. The summed E-state index contributed by atoms with van der Waals surface area (Å²) in [6, 6.07) is 1.23. The fraction of sp³-hybridized carbons (Fsp3) is 0.556. The van der Waals surface area contributed by atoms with Crippen LogP contribution in [0.25, 0.3) is 0 Å². The van der Waals surface area contributed by atoms with E-state index < -0.39 is 24.4 Å². The molecule has 0 atom stereocenters. The van der Waals surface area contributed by atoms with E-state index in [1.165, 1.54) is 6.07 Å². The lowest BCUT2D eigenvalue weighted by atomic mass is 10.3. The van der Waals surface area contributed by atoms with Crippen molar-refractivity contribution < 1.29 is 23.1 Å². The Morgan fingerprint density at radius 3 is 2.62 bits per heavy atom. The first-order valence-electron chi connectivity index (χ1n) is 4.74. The molecule has 7 heteroatoms. The number of carboxylic acid groups (broad SMARTS) is 1. The third-order valence-electron chi connectivity index (χ3n) is 2.34. The Kier molecular flexibility index (Phi) is 2.40. The van der Waals surface area contributed by atoms with Crippen LogP contribution in [0.2, 0.25) is 0 Å². The Bertz CT molecular complexity index is 421. The number of aromatic carboxylic acids is 1. The van der Waals surface area contributed by atoms with Crippen LogP contribution in [-0.2, 0) is 6.54 Å². The number of alkyl halides is 3. The van der Waals surface area contributed by atoms with E-state index in [4.69, 9.17) is 5.11 Å². The molecule has 0 aliphatic heterocycles. The summed E-state index contributed by atoms with van der Waals surface area (Å²) in [6.07, 6.45) is -2.73. The van der Waals surface area contributed by atoms with Crippen LogP contribution in [-0.4, -0.2) is 27.0 Å². The summed E-state index contributed by atoms with van der Waals surface area (Å²) in [6.45, 7) is -1.36. The molecular formula is C9H9F3N2O2. The summed E-state index contributed by atoms with van der Waals surface area (Å²) in [7, 11) is 0. The largest absolute Gasteiger partial charge is 0.477 e. The summed E-state index contributed by atoms with van der Waals surface area (Å²) in [5.74, 6) is -1.25. The zero-order valence-corrected chi connectivity index (χ0v) is 8.16. The fourth-order valence-electron chi connectivity index (χ4n) is 1.48. The van der Waals surface area contributed by atoms with Crippen molar-refractivity contribution in [1.29, 1.82) is 0 Å². The monoisotopic (exact) mass is 234 g/mol. The zero-order chi connectivity index (χ0) is 11.9. The first-order valence-corrected chi connectivity index (χ1v) is 4.74. The minimum Gasteiger partial charge on any atom is -0.477 e. The van der Waals surface area contributed by atoms with Crippen molar-refractivity contribution in [1.82, 2.24) is 9.78 Å². The van der Waals surface area contributed by atoms with Gasteiger partial charge in [-0.3, -0.25) is 0 Å². The highest BCUT2D eigenvalue weighted by molar-refractivity contribution is 5.85. The van der Waals surface area contributed by atoms with E-state index >= 15 is 0 Å². The maximum absolute atomic E-state index is 12.2. The first-order chi connectivity index (χ1) is 7.37. The highest BCUT2D eigenvalue weighted by Gasteiger charge is 2.33. The average molecular weight is 234 g/mol. The van der Waals surface area contributed by atoms with Gasteiger partial charge in [0.1, 0.15) is 12.2 Å². The van der Waals surface area contributed by atoms with Gasteiger partial charge in [0.15, 0.2) is 0 Å². The van der Waals surface area contributed by atoms with Crippen LogP contribution in [0.4, 0.5) is 13.2 Å². The second-order valence-electron chi connectivity index (χ2n) is 3.81. The first kappa shape index (κ1) is 11.0. The molecule has 0 bridgehead atoms. The van der Waals surface area contributed by atoms with E-state index in [0.717, 1.165) is 12.8 Å². The van der Waals surface area contributed by atoms with Gasteiger partial charge in [0.25, 0.3) is 0 Å². The third-order valence-corrected chi connectivity index (χ3v) is 2.34. The minimum absolute atomic E-state index is 0.132. The van der Waals surface area contributed by atoms with Gasteiger partial charge in [0, 0.05) is 5.92 Å². The maximum Gasteiger partial charge on any atom is 0.408 e. The van der Waals surface area contributed by atoms with Crippen LogP contribution in [0.5, 0.6) is 0 Å². The van der Waals surface area contributed by atoms with E-state index in [1.54, 1.807) is 0 Å². The van der Waals surface area contributed by atoms with Crippen LogP contribution in [0.3, 0.4) is 0 Å². The quantitative estimate of drug-likeness (QED) is 0.870. The van der Waals surface area contributed by atoms with Crippen LogP contribution >= 0.6 is 0 Å². The highest BCUT2D eigenvalue weighted by Crippen LogP contribution is 2.39. The second-order valence-corrected chi connectivity index (χ2v) is 3.81. The number of carbonyl (C=O) groups is 1.